The predicted octanol–water partition coefficient (Wildman–Crippen LogP) is 8.28. The van der Waals surface area contributed by atoms with E-state index in [1.54, 1.807) is 0 Å². The van der Waals surface area contributed by atoms with Crippen molar-refractivity contribution in [3.05, 3.63) is 96.1 Å². The molecule has 0 bridgehead atoms. The Morgan fingerprint density at radius 2 is 0.897 bits per heavy atom. The zero-order chi connectivity index (χ0) is 27.6. The van der Waals surface area contributed by atoms with Crippen LogP contribution in [0.2, 0.25) is 0 Å². The molecule has 0 heterocycles. The van der Waals surface area contributed by atoms with Crippen molar-refractivity contribution in [2.45, 2.75) is 103 Å². The maximum atomic E-state index is 10.5. The number of ether oxygens (including phenoxy) is 3. The van der Waals surface area contributed by atoms with Crippen LogP contribution in [0, 0.1) is 0 Å². The number of allylic oxidation sites excluding steroid dienone is 2. The highest BCUT2D eigenvalue weighted by Crippen LogP contribution is 2.14. The number of benzene rings is 2. The summed E-state index contributed by atoms with van der Waals surface area (Å²) >= 11 is 0. The molecule has 2 aromatic rings. The first-order valence-electron chi connectivity index (χ1n) is 14.5. The summed E-state index contributed by atoms with van der Waals surface area (Å²) in [4.78, 5) is 21.0. The standard InChI is InChI=1S/C34H46O5/c35-27-19-9-5-1-3-7-17-25-33(37-29-31-21-13-11-14-22-31)39-34(38-30-32-23-15-12-16-24-32)26-18-8-4-2-6-10-20-28-36/h11-18,21-28,33-34H,1-10,19-20,29-30H2. The largest absolute Gasteiger partial charge is 0.344 e. The first-order chi connectivity index (χ1) is 19.3. The molecule has 0 aliphatic heterocycles. The number of carbonyl (C=O) groups excluding carboxylic acids is 2. The zero-order valence-corrected chi connectivity index (χ0v) is 23.3. The molecular weight excluding hydrogens is 488 g/mol. The van der Waals surface area contributed by atoms with Crippen molar-refractivity contribution in [2.24, 2.45) is 0 Å². The van der Waals surface area contributed by atoms with Gasteiger partial charge in [0.1, 0.15) is 12.6 Å². The van der Waals surface area contributed by atoms with Crippen molar-refractivity contribution in [2.75, 3.05) is 0 Å². The second kappa shape index (κ2) is 23.1. The molecule has 0 amide bonds. The van der Waals surface area contributed by atoms with Gasteiger partial charge in [-0.25, -0.2) is 0 Å². The summed E-state index contributed by atoms with van der Waals surface area (Å²) < 4.78 is 18.6. The molecule has 0 fully saturated rings. The van der Waals surface area contributed by atoms with Gasteiger partial charge in [-0.2, -0.15) is 0 Å². The Hall–Kier alpha value is -2.86. The predicted molar refractivity (Wildman–Crippen MR) is 157 cm³/mol. The van der Waals surface area contributed by atoms with Crippen LogP contribution in [0.15, 0.2) is 85.0 Å². The summed E-state index contributed by atoms with van der Waals surface area (Å²) in [5.41, 5.74) is 2.17. The molecule has 0 saturated heterocycles. The smallest absolute Gasteiger partial charge is 0.180 e. The maximum absolute atomic E-state index is 10.5. The van der Waals surface area contributed by atoms with Crippen LogP contribution >= 0.6 is 0 Å². The van der Waals surface area contributed by atoms with Gasteiger partial charge in [0.2, 0.25) is 0 Å². The lowest BCUT2D eigenvalue weighted by atomic mass is 10.1. The molecule has 2 atom stereocenters. The van der Waals surface area contributed by atoms with Gasteiger partial charge in [0.25, 0.3) is 0 Å². The van der Waals surface area contributed by atoms with Crippen LogP contribution in [0.3, 0.4) is 0 Å². The lowest BCUT2D eigenvalue weighted by molar-refractivity contribution is -0.215. The molecule has 0 aliphatic rings. The van der Waals surface area contributed by atoms with Crippen molar-refractivity contribution in [3.63, 3.8) is 0 Å². The van der Waals surface area contributed by atoms with E-state index in [2.05, 4.69) is 12.2 Å². The van der Waals surface area contributed by atoms with Crippen molar-refractivity contribution in [1.82, 2.24) is 0 Å². The van der Waals surface area contributed by atoms with Crippen LogP contribution in [0.25, 0.3) is 0 Å². The summed E-state index contributed by atoms with van der Waals surface area (Å²) in [5.74, 6) is 0. The Labute approximate surface area is 235 Å². The highest BCUT2D eigenvalue weighted by Gasteiger charge is 2.14. The van der Waals surface area contributed by atoms with Crippen LogP contribution in [0.4, 0.5) is 0 Å². The number of hydrogen-bond donors (Lipinski definition) is 0. The molecule has 2 aromatic carbocycles. The zero-order valence-electron chi connectivity index (χ0n) is 23.3. The molecule has 0 aliphatic carbocycles. The van der Waals surface area contributed by atoms with E-state index in [0.717, 1.165) is 87.9 Å². The minimum atomic E-state index is -0.547. The van der Waals surface area contributed by atoms with Gasteiger partial charge < -0.3 is 23.8 Å². The summed E-state index contributed by atoms with van der Waals surface area (Å²) in [7, 11) is 0. The first kappa shape index (κ1) is 32.4. The van der Waals surface area contributed by atoms with E-state index in [4.69, 9.17) is 14.2 Å². The fourth-order valence-corrected chi connectivity index (χ4v) is 4.02. The van der Waals surface area contributed by atoms with Crippen LogP contribution in [-0.2, 0) is 37.0 Å². The van der Waals surface area contributed by atoms with E-state index < -0.39 is 12.6 Å². The topological polar surface area (TPSA) is 61.8 Å². The van der Waals surface area contributed by atoms with E-state index in [0.29, 0.717) is 26.1 Å². The van der Waals surface area contributed by atoms with Crippen LogP contribution < -0.4 is 0 Å². The SMILES string of the molecule is O=CCCCCCCC=CC(OCc1ccccc1)OC(C=CCCCCCCC=O)OCc1ccccc1. The van der Waals surface area contributed by atoms with Gasteiger partial charge >= 0.3 is 0 Å². The second-order valence-electron chi connectivity index (χ2n) is 9.64. The van der Waals surface area contributed by atoms with Crippen LogP contribution in [0.5, 0.6) is 0 Å². The minimum absolute atomic E-state index is 0.442. The number of hydrogen-bond acceptors (Lipinski definition) is 5. The van der Waals surface area contributed by atoms with Gasteiger partial charge in [-0.3, -0.25) is 0 Å². The van der Waals surface area contributed by atoms with E-state index in [9.17, 15) is 9.59 Å². The molecule has 5 heteroatoms. The molecule has 0 spiro atoms. The summed E-state index contributed by atoms with van der Waals surface area (Å²) in [6, 6.07) is 20.2. The van der Waals surface area contributed by atoms with Gasteiger partial charge in [-0.15, -0.1) is 0 Å². The molecule has 0 saturated carbocycles. The maximum Gasteiger partial charge on any atom is 0.180 e. The van der Waals surface area contributed by atoms with Gasteiger partial charge in [0, 0.05) is 12.8 Å². The first-order valence-corrected chi connectivity index (χ1v) is 14.5. The highest BCUT2D eigenvalue weighted by atomic mass is 16.8. The van der Waals surface area contributed by atoms with E-state index >= 15 is 0 Å². The lowest BCUT2D eigenvalue weighted by Gasteiger charge is -2.22. The van der Waals surface area contributed by atoms with Gasteiger partial charge in [0.05, 0.1) is 13.2 Å². The molecule has 212 valence electrons. The molecule has 0 aromatic heterocycles. The van der Waals surface area contributed by atoms with Crippen molar-refractivity contribution in [1.29, 1.82) is 0 Å². The average molecular weight is 535 g/mol. The normalized spacial score (nSPS) is 13.1. The summed E-state index contributed by atoms with van der Waals surface area (Å²) in [6.07, 6.45) is 20.7. The Balaban J connectivity index is 1.95. The van der Waals surface area contributed by atoms with Crippen molar-refractivity contribution in [3.8, 4) is 0 Å². The minimum Gasteiger partial charge on any atom is -0.344 e. The molecule has 2 unspecified atom stereocenters. The van der Waals surface area contributed by atoms with E-state index in [-0.39, 0.29) is 0 Å². The van der Waals surface area contributed by atoms with Gasteiger partial charge in [0.15, 0.2) is 12.6 Å². The fourth-order valence-electron chi connectivity index (χ4n) is 4.02. The fraction of sp³-hybridized carbons (Fsp3) is 0.471. The van der Waals surface area contributed by atoms with Gasteiger partial charge in [-0.1, -0.05) is 98.5 Å². The summed E-state index contributed by atoms with van der Waals surface area (Å²) in [5, 5.41) is 0. The molecule has 2 rings (SSSR count). The molecular formula is C34H46O5. The van der Waals surface area contributed by atoms with Crippen molar-refractivity contribution < 1.29 is 23.8 Å². The Bertz CT molecular complexity index is 834. The number of carbonyl (C=O) groups is 2. The third-order valence-electron chi connectivity index (χ3n) is 6.25. The Kier molecular flexibility index (Phi) is 19.1. The highest BCUT2D eigenvalue weighted by molar-refractivity contribution is 5.49. The Morgan fingerprint density at radius 3 is 1.28 bits per heavy atom. The summed E-state index contributed by atoms with van der Waals surface area (Å²) in [6.45, 7) is 0.884. The quantitative estimate of drug-likeness (QED) is 0.0587. The third-order valence-corrected chi connectivity index (χ3v) is 6.25. The Morgan fingerprint density at radius 1 is 0.513 bits per heavy atom. The average Bonchev–Trinajstić information content (AvgIpc) is 2.98. The second-order valence-corrected chi connectivity index (χ2v) is 9.64. The van der Waals surface area contributed by atoms with Crippen LogP contribution in [0.1, 0.15) is 88.2 Å². The number of aldehydes is 2. The number of unbranched alkanes of at least 4 members (excludes halogenated alkanes) is 10. The molecule has 0 radical (unpaired) electrons. The molecule has 39 heavy (non-hydrogen) atoms. The third kappa shape index (κ3) is 17.4. The van der Waals surface area contributed by atoms with Gasteiger partial charge in [-0.05, 0) is 61.8 Å². The van der Waals surface area contributed by atoms with E-state index in [1.807, 2.05) is 72.8 Å². The van der Waals surface area contributed by atoms with Crippen LogP contribution in [-0.4, -0.2) is 25.2 Å². The lowest BCUT2D eigenvalue weighted by Crippen LogP contribution is -2.24. The molecule has 5 nitrogen and oxygen atoms in total. The van der Waals surface area contributed by atoms with E-state index in [1.165, 1.54) is 0 Å². The number of rotatable bonds is 24. The molecule has 0 N–H and O–H groups in total. The van der Waals surface area contributed by atoms with Crippen molar-refractivity contribution >= 4 is 12.6 Å². The monoisotopic (exact) mass is 534 g/mol.